The Bertz CT molecular complexity index is 926. The Balaban J connectivity index is 1.57. The fourth-order valence-electron chi connectivity index (χ4n) is 3.91. The second-order valence-corrected chi connectivity index (χ2v) is 8.94. The monoisotopic (exact) mass is 432 g/mol. The molecule has 0 saturated heterocycles. The third kappa shape index (κ3) is 4.43. The Hall–Kier alpha value is -2.05. The highest BCUT2D eigenvalue weighted by molar-refractivity contribution is 8.00. The minimum Gasteiger partial charge on any atom is -0.352 e. The summed E-state index contributed by atoms with van der Waals surface area (Å²) in [5.41, 5.74) is 1.40. The Morgan fingerprint density at radius 2 is 2.03 bits per heavy atom. The standard InChI is InChI=1S/C22H22ClFN2O2S/c23-17-6-3-7-18(24)16(17)12-26-19-10-15(8-9-20(19)29-13-21(26)27)22(28)25-11-14-4-1-2-5-14/h3,6-10,14H,1-2,4-5,11-13H2,(H,25,28). The maximum absolute atomic E-state index is 14.3. The van der Waals surface area contributed by atoms with E-state index in [1.54, 1.807) is 18.2 Å². The third-order valence-corrected chi connectivity index (χ3v) is 6.97. The second-order valence-electron chi connectivity index (χ2n) is 7.51. The number of carbonyl (C=O) groups excluding carboxylic acids is 2. The summed E-state index contributed by atoms with van der Waals surface area (Å²) in [7, 11) is 0. The van der Waals surface area contributed by atoms with Gasteiger partial charge in [0.05, 0.1) is 18.0 Å². The van der Waals surface area contributed by atoms with Crippen molar-refractivity contribution in [2.24, 2.45) is 5.92 Å². The molecule has 0 spiro atoms. The molecule has 1 fully saturated rings. The summed E-state index contributed by atoms with van der Waals surface area (Å²) in [5.74, 6) is 0.0904. The molecule has 2 aliphatic rings. The van der Waals surface area contributed by atoms with Crippen molar-refractivity contribution in [3.05, 3.63) is 58.4 Å². The van der Waals surface area contributed by atoms with Gasteiger partial charge >= 0.3 is 0 Å². The van der Waals surface area contributed by atoms with Crippen molar-refractivity contribution in [3.63, 3.8) is 0 Å². The van der Waals surface area contributed by atoms with Crippen molar-refractivity contribution in [1.29, 1.82) is 0 Å². The molecule has 0 unspecified atom stereocenters. The number of rotatable bonds is 5. The lowest BCUT2D eigenvalue weighted by molar-refractivity contribution is -0.116. The van der Waals surface area contributed by atoms with Crippen molar-refractivity contribution in [2.75, 3.05) is 17.2 Å². The topological polar surface area (TPSA) is 49.4 Å². The van der Waals surface area contributed by atoms with E-state index in [9.17, 15) is 14.0 Å². The van der Waals surface area contributed by atoms with Crippen LogP contribution < -0.4 is 10.2 Å². The average Bonchev–Trinajstić information content (AvgIpc) is 3.23. The molecule has 0 radical (unpaired) electrons. The van der Waals surface area contributed by atoms with Gasteiger partial charge in [0, 0.05) is 27.6 Å². The van der Waals surface area contributed by atoms with Crippen LogP contribution in [0.5, 0.6) is 0 Å². The van der Waals surface area contributed by atoms with Crippen LogP contribution in [0, 0.1) is 11.7 Å². The van der Waals surface area contributed by atoms with E-state index in [0.29, 0.717) is 23.7 Å². The molecule has 1 heterocycles. The van der Waals surface area contributed by atoms with Crippen LogP contribution in [0.4, 0.5) is 10.1 Å². The second kappa shape index (κ2) is 8.76. The molecule has 0 atom stereocenters. The summed E-state index contributed by atoms with van der Waals surface area (Å²) in [5, 5.41) is 3.29. The summed E-state index contributed by atoms with van der Waals surface area (Å²) in [4.78, 5) is 27.7. The van der Waals surface area contributed by atoms with Gasteiger partial charge in [0.1, 0.15) is 5.82 Å². The smallest absolute Gasteiger partial charge is 0.251 e. The highest BCUT2D eigenvalue weighted by atomic mass is 35.5. The first-order valence-corrected chi connectivity index (χ1v) is 11.2. The van der Waals surface area contributed by atoms with E-state index >= 15 is 0 Å². The van der Waals surface area contributed by atoms with Gasteiger partial charge in [0.2, 0.25) is 5.91 Å². The Morgan fingerprint density at radius 3 is 2.79 bits per heavy atom. The number of amides is 2. The summed E-state index contributed by atoms with van der Waals surface area (Å²) in [6.07, 6.45) is 4.78. The number of anilines is 1. The van der Waals surface area contributed by atoms with E-state index in [4.69, 9.17) is 11.6 Å². The van der Waals surface area contributed by atoms with Gasteiger partial charge in [0.25, 0.3) is 5.91 Å². The molecule has 1 aliphatic carbocycles. The van der Waals surface area contributed by atoms with Crippen LogP contribution in [0.2, 0.25) is 5.02 Å². The molecule has 4 nitrogen and oxygen atoms in total. The zero-order valence-corrected chi connectivity index (χ0v) is 17.5. The molecule has 2 aromatic carbocycles. The number of halogens is 2. The molecule has 29 heavy (non-hydrogen) atoms. The molecule has 0 aromatic heterocycles. The fourth-order valence-corrected chi connectivity index (χ4v) is 5.05. The molecule has 152 valence electrons. The van der Waals surface area contributed by atoms with Gasteiger partial charge in [-0.05, 0) is 49.1 Å². The zero-order valence-electron chi connectivity index (χ0n) is 15.9. The number of hydrogen-bond acceptors (Lipinski definition) is 3. The van der Waals surface area contributed by atoms with E-state index in [-0.39, 0.29) is 34.7 Å². The molecule has 7 heteroatoms. The van der Waals surface area contributed by atoms with Crippen LogP contribution in [-0.2, 0) is 11.3 Å². The quantitative estimate of drug-likeness (QED) is 0.720. The van der Waals surface area contributed by atoms with Gasteiger partial charge in [-0.15, -0.1) is 11.8 Å². The Labute approximate surface area is 178 Å². The normalized spacial score (nSPS) is 16.8. The predicted molar refractivity (Wildman–Crippen MR) is 114 cm³/mol. The SMILES string of the molecule is O=C(NCC1CCCC1)c1ccc2c(c1)N(Cc1c(F)cccc1Cl)C(=O)CS2. The molecule has 1 aliphatic heterocycles. The van der Waals surface area contributed by atoms with Crippen molar-refractivity contribution in [1.82, 2.24) is 5.32 Å². The molecule has 4 rings (SSSR count). The number of hydrogen-bond donors (Lipinski definition) is 1. The Morgan fingerprint density at radius 1 is 1.24 bits per heavy atom. The first kappa shape index (κ1) is 20.2. The molecule has 0 bridgehead atoms. The third-order valence-electron chi connectivity index (χ3n) is 5.57. The minimum absolute atomic E-state index is 0.0328. The number of carbonyl (C=O) groups is 2. The van der Waals surface area contributed by atoms with E-state index in [1.807, 2.05) is 6.07 Å². The molecular formula is C22H22ClFN2O2S. The van der Waals surface area contributed by atoms with Crippen molar-refractivity contribution < 1.29 is 14.0 Å². The van der Waals surface area contributed by atoms with Crippen molar-refractivity contribution in [2.45, 2.75) is 37.1 Å². The molecule has 1 saturated carbocycles. The lowest BCUT2D eigenvalue weighted by Gasteiger charge is -2.30. The van der Waals surface area contributed by atoms with Gasteiger partial charge in [0.15, 0.2) is 0 Å². The van der Waals surface area contributed by atoms with Gasteiger partial charge in [-0.1, -0.05) is 30.5 Å². The van der Waals surface area contributed by atoms with E-state index in [1.165, 1.54) is 41.6 Å². The van der Waals surface area contributed by atoms with Crippen LogP contribution in [0.3, 0.4) is 0 Å². The van der Waals surface area contributed by atoms with Crippen LogP contribution in [-0.4, -0.2) is 24.1 Å². The summed E-state index contributed by atoms with van der Waals surface area (Å²) in [6.45, 7) is 0.712. The number of fused-ring (bicyclic) bond motifs is 1. The highest BCUT2D eigenvalue weighted by Gasteiger charge is 2.27. The largest absolute Gasteiger partial charge is 0.352 e. The summed E-state index contributed by atoms with van der Waals surface area (Å²) in [6, 6.07) is 9.83. The maximum Gasteiger partial charge on any atom is 0.251 e. The van der Waals surface area contributed by atoms with E-state index in [0.717, 1.165) is 17.7 Å². The Kier molecular flexibility index (Phi) is 6.11. The fraction of sp³-hybridized carbons (Fsp3) is 0.364. The maximum atomic E-state index is 14.3. The zero-order chi connectivity index (χ0) is 20.4. The highest BCUT2D eigenvalue weighted by Crippen LogP contribution is 2.37. The number of nitrogens with one attached hydrogen (secondary N) is 1. The van der Waals surface area contributed by atoms with Crippen LogP contribution in [0.1, 0.15) is 41.6 Å². The first-order chi connectivity index (χ1) is 14.0. The van der Waals surface area contributed by atoms with E-state index in [2.05, 4.69) is 5.32 Å². The van der Waals surface area contributed by atoms with E-state index < -0.39 is 5.82 Å². The van der Waals surface area contributed by atoms with Gasteiger partial charge in [-0.2, -0.15) is 0 Å². The summed E-state index contributed by atoms with van der Waals surface area (Å²) >= 11 is 7.59. The molecule has 1 N–H and O–H groups in total. The molecule has 2 aromatic rings. The first-order valence-electron chi connectivity index (χ1n) is 9.81. The van der Waals surface area contributed by atoms with Crippen molar-refractivity contribution in [3.8, 4) is 0 Å². The van der Waals surface area contributed by atoms with Crippen LogP contribution in [0.15, 0.2) is 41.3 Å². The number of thioether (sulfide) groups is 1. The van der Waals surface area contributed by atoms with Crippen LogP contribution >= 0.6 is 23.4 Å². The predicted octanol–water partition coefficient (Wildman–Crippen LogP) is 5.04. The summed E-state index contributed by atoms with van der Waals surface area (Å²) < 4.78 is 14.3. The van der Waals surface area contributed by atoms with Gasteiger partial charge in [-0.3, -0.25) is 9.59 Å². The van der Waals surface area contributed by atoms with Crippen molar-refractivity contribution >= 4 is 40.9 Å². The molecular weight excluding hydrogens is 411 g/mol. The average molecular weight is 433 g/mol. The molecule has 2 amide bonds. The van der Waals surface area contributed by atoms with Crippen LogP contribution in [0.25, 0.3) is 0 Å². The minimum atomic E-state index is -0.449. The number of nitrogens with zero attached hydrogens (tertiary/aromatic N) is 1. The van der Waals surface area contributed by atoms with Gasteiger partial charge < -0.3 is 10.2 Å². The lowest BCUT2D eigenvalue weighted by Crippen LogP contribution is -2.35. The number of benzene rings is 2. The van der Waals surface area contributed by atoms with Gasteiger partial charge in [-0.25, -0.2) is 4.39 Å². The lowest BCUT2D eigenvalue weighted by atomic mass is 10.1.